The summed E-state index contributed by atoms with van der Waals surface area (Å²) in [5.74, 6) is 0. The Hall–Kier alpha value is -5.74. The second-order valence-corrected chi connectivity index (χ2v) is 12.3. The van der Waals surface area contributed by atoms with Crippen molar-refractivity contribution in [3.05, 3.63) is 192 Å². The average molecular weight is 623 g/mol. The van der Waals surface area contributed by atoms with Gasteiger partial charge in [-0.25, -0.2) is 0 Å². The van der Waals surface area contributed by atoms with Crippen LogP contribution in [0.5, 0.6) is 0 Å². The highest BCUT2D eigenvalue weighted by molar-refractivity contribution is 5.59. The molecular weight excluding hydrogens is 585 g/mol. The average Bonchev–Trinajstić information content (AvgIpc) is 3.17. The van der Waals surface area contributed by atoms with E-state index in [0.29, 0.717) is 0 Å². The van der Waals surface area contributed by atoms with E-state index < -0.39 is 0 Å². The highest BCUT2D eigenvalue weighted by Gasteiger charge is 2.08. The molecule has 48 heavy (non-hydrogen) atoms. The Morgan fingerprint density at radius 1 is 0.292 bits per heavy atom. The van der Waals surface area contributed by atoms with E-state index in [1.165, 1.54) is 33.4 Å². The summed E-state index contributed by atoms with van der Waals surface area (Å²) < 4.78 is 0. The molecule has 0 N–H and O–H groups in total. The summed E-state index contributed by atoms with van der Waals surface area (Å²) in [5, 5.41) is 0. The Bertz CT molecular complexity index is 1770. The van der Waals surface area contributed by atoms with Gasteiger partial charge in [0, 0.05) is 35.9 Å². The molecule has 7 rings (SSSR count). The third-order valence-electron chi connectivity index (χ3n) is 8.76. The van der Waals surface area contributed by atoms with Crippen molar-refractivity contribution in [1.29, 1.82) is 0 Å². The van der Waals surface area contributed by atoms with Crippen LogP contribution in [0.15, 0.2) is 158 Å². The zero-order chi connectivity index (χ0) is 32.4. The molecule has 4 heterocycles. The fraction of sp³-hybridized carbons (Fsp3) is 0.136. The summed E-state index contributed by atoms with van der Waals surface area (Å²) in [6.07, 6.45) is 13.6. The van der Waals surface area contributed by atoms with Gasteiger partial charge in [0.25, 0.3) is 0 Å². The fourth-order valence-electron chi connectivity index (χ4n) is 6.08. The third-order valence-corrected chi connectivity index (χ3v) is 8.76. The van der Waals surface area contributed by atoms with E-state index in [4.69, 9.17) is 15.0 Å². The van der Waals surface area contributed by atoms with Gasteiger partial charge in [0.1, 0.15) is 0 Å². The van der Waals surface area contributed by atoms with Crippen LogP contribution in [-0.2, 0) is 38.5 Å². The lowest BCUT2D eigenvalue weighted by Crippen LogP contribution is -2.01. The van der Waals surface area contributed by atoms with Gasteiger partial charge < -0.3 is 0 Å². The zero-order valence-corrected chi connectivity index (χ0v) is 27.0. The normalized spacial score (nSPS) is 11.0. The molecule has 234 valence electrons. The van der Waals surface area contributed by atoms with Gasteiger partial charge in [0.05, 0.1) is 22.8 Å². The van der Waals surface area contributed by atoms with Crippen LogP contribution >= 0.6 is 0 Å². The van der Waals surface area contributed by atoms with Crippen LogP contribution in [0.1, 0.15) is 33.4 Å². The van der Waals surface area contributed by atoms with Crippen molar-refractivity contribution in [2.45, 2.75) is 38.5 Å². The summed E-state index contributed by atoms with van der Waals surface area (Å²) in [6, 6.07) is 46.8. The molecule has 0 fully saturated rings. The number of aromatic nitrogens is 4. The van der Waals surface area contributed by atoms with Gasteiger partial charge in [0.15, 0.2) is 0 Å². The van der Waals surface area contributed by atoms with Crippen molar-refractivity contribution < 1.29 is 0 Å². The number of benzene rings is 3. The Labute approximate surface area is 283 Å². The number of aryl methyl sites for hydroxylation is 6. The molecule has 0 aliphatic carbocycles. The first kappa shape index (κ1) is 30.9. The minimum absolute atomic E-state index is 0.899. The van der Waals surface area contributed by atoms with Gasteiger partial charge in [-0.1, -0.05) is 103 Å². The lowest BCUT2D eigenvalue weighted by molar-refractivity contribution is 0.897. The van der Waals surface area contributed by atoms with Gasteiger partial charge in [-0.2, -0.15) is 0 Å². The van der Waals surface area contributed by atoms with Crippen LogP contribution in [-0.4, -0.2) is 19.9 Å². The molecule has 0 unspecified atom stereocenters. The van der Waals surface area contributed by atoms with Gasteiger partial charge >= 0.3 is 0 Å². The second kappa shape index (κ2) is 15.2. The molecule has 3 aromatic carbocycles. The van der Waals surface area contributed by atoms with E-state index in [9.17, 15) is 0 Å². The van der Waals surface area contributed by atoms with E-state index in [0.717, 1.165) is 72.4 Å². The lowest BCUT2D eigenvalue weighted by Gasteiger charge is -2.12. The standard InChI is InChI=1S/C44H38N4/c1-3-9-39(10-4-1)41-23-20-33(30-46-41)14-17-36-27-37(18-15-34-21-24-42(47-31-34)40-11-5-2-6-12-40)29-38(28-36)19-16-35-22-25-44(48-32-35)43-13-7-8-26-45-43/h1-13,20-32H,14-19H2. The van der Waals surface area contributed by atoms with Crippen molar-refractivity contribution in [1.82, 2.24) is 19.9 Å². The van der Waals surface area contributed by atoms with Gasteiger partial charge in [0.2, 0.25) is 0 Å². The molecule has 0 saturated heterocycles. The maximum Gasteiger partial charge on any atom is 0.0886 e. The number of rotatable bonds is 12. The first-order valence-electron chi connectivity index (χ1n) is 16.7. The van der Waals surface area contributed by atoms with Crippen LogP contribution in [0, 0.1) is 0 Å². The molecule has 0 atom stereocenters. The Kier molecular flexibility index (Phi) is 9.80. The Balaban J connectivity index is 1.05. The highest BCUT2D eigenvalue weighted by atomic mass is 14.8. The maximum atomic E-state index is 4.76. The summed E-state index contributed by atoms with van der Waals surface area (Å²) in [4.78, 5) is 18.7. The first-order chi connectivity index (χ1) is 23.7. The third kappa shape index (κ3) is 8.15. The SMILES string of the molecule is c1ccc(-c2ccc(CCc3cc(CCc4ccc(-c5ccccc5)nc4)cc(CCc4ccc(-c5ccccn5)nc4)c3)cn2)cc1. The molecule has 0 bridgehead atoms. The Morgan fingerprint density at radius 2 is 0.667 bits per heavy atom. The Morgan fingerprint density at radius 3 is 1.04 bits per heavy atom. The first-order valence-corrected chi connectivity index (χ1v) is 16.7. The van der Waals surface area contributed by atoms with Crippen molar-refractivity contribution in [2.24, 2.45) is 0 Å². The van der Waals surface area contributed by atoms with E-state index in [1.54, 1.807) is 0 Å². The van der Waals surface area contributed by atoms with E-state index in [-0.39, 0.29) is 0 Å². The summed E-state index contributed by atoms with van der Waals surface area (Å²) >= 11 is 0. The number of nitrogens with zero attached hydrogens (tertiary/aromatic N) is 4. The maximum absolute atomic E-state index is 4.76. The van der Waals surface area contributed by atoms with Crippen molar-refractivity contribution in [3.63, 3.8) is 0 Å². The minimum atomic E-state index is 0.899. The predicted molar refractivity (Wildman–Crippen MR) is 195 cm³/mol. The molecule has 4 nitrogen and oxygen atoms in total. The fourth-order valence-corrected chi connectivity index (χ4v) is 6.08. The van der Waals surface area contributed by atoms with Gasteiger partial charge in [-0.3, -0.25) is 19.9 Å². The summed E-state index contributed by atoms with van der Waals surface area (Å²) in [7, 11) is 0. The summed E-state index contributed by atoms with van der Waals surface area (Å²) in [5.41, 5.74) is 14.0. The predicted octanol–water partition coefficient (Wildman–Crippen LogP) is 9.62. The largest absolute Gasteiger partial charge is 0.256 e. The van der Waals surface area contributed by atoms with Gasteiger partial charge in [-0.05, 0) is 102 Å². The van der Waals surface area contributed by atoms with E-state index in [1.807, 2.05) is 55.1 Å². The molecule has 0 saturated carbocycles. The molecular formula is C44H38N4. The number of pyridine rings is 4. The quantitative estimate of drug-likeness (QED) is 0.136. The topological polar surface area (TPSA) is 51.6 Å². The van der Waals surface area contributed by atoms with Crippen molar-refractivity contribution in [2.75, 3.05) is 0 Å². The number of hydrogen-bond donors (Lipinski definition) is 0. The highest BCUT2D eigenvalue weighted by Crippen LogP contribution is 2.21. The molecule has 0 spiro atoms. The molecule has 0 amide bonds. The van der Waals surface area contributed by atoms with Gasteiger partial charge in [-0.15, -0.1) is 0 Å². The van der Waals surface area contributed by atoms with Crippen molar-refractivity contribution >= 4 is 0 Å². The monoisotopic (exact) mass is 622 g/mol. The van der Waals surface area contributed by atoms with Crippen LogP contribution in [0.2, 0.25) is 0 Å². The molecule has 0 radical (unpaired) electrons. The van der Waals surface area contributed by atoms with Crippen LogP contribution in [0.3, 0.4) is 0 Å². The smallest absolute Gasteiger partial charge is 0.0886 e. The molecule has 0 aliphatic rings. The number of hydrogen-bond acceptors (Lipinski definition) is 4. The minimum Gasteiger partial charge on any atom is -0.256 e. The van der Waals surface area contributed by atoms with Crippen LogP contribution in [0.25, 0.3) is 33.9 Å². The van der Waals surface area contributed by atoms with E-state index in [2.05, 4.69) is 108 Å². The van der Waals surface area contributed by atoms with Crippen LogP contribution < -0.4 is 0 Å². The second-order valence-electron chi connectivity index (χ2n) is 12.3. The molecule has 0 aliphatic heterocycles. The zero-order valence-electron chi connectivity index (χ0n) is 27.0. The van der Waals surface area contributed by atoms with E-state index >= 15 is 0 Å². The van der Waals surface area contributed by atoms with Crippen molar-refractivity contribution in [3.8, 4) is 33.9 Å². The molecule has 4 aromatic heterocycles. The molecule has 7 aromatic rings. The van der Waals surface area contributed by atoms with Crippen LogP contribution in [0.4, 0.5) is 0 Å². The summed E-state index contributed by atoms with van der Waals surface area (Å²) in [6.45, 7) is 0. The lowest BCUT2D eigenvalue weighted by atomic mass is 9.94. The molecule has 4 heteroatoms.